The molecule has 2 heterocycles. The van der Waals surface area contributed by atoms with Gasteiger partial charge in [0.2, 0.25) is 21.8 Å². The number of amides is 2. The van der Waals surface area contributed by atoms with Crippen molar-refractivity contribution in [1.82, 2.24) is 9.21 Å². The Morgan fingerprint density at radius 1 is 1.23 bits per heavy atom. The van der Waals surface area contributed by atoms with E-state index in [1.54, 1.807) is 0 Å². The van der Waals surface area contributed by atoms with E-state index in [0.717, 1.165) is 22.5 Å². The maximum absolute atomic E-state index is 14.2. The molecule has 0 aliphatic carbocycles. The Morgan fingerprint density at radius 3 is 2.53 bits per heavy atom. The first kappa shape index (κ1) is 22.4. The monoisotopic (exact) mass is 453 g/mol. The smallest absolute Gasteiger partial charge is 0.379 e. The van der Waals surface area contributed by atoms with Crippen LogP contribution in [0.25, 0.3) is 0 Å². The second-order valence-electron chi connectivity index (χ2n) is 6.94. The Kier molecular flexibility index (Phi) is 6.34. The zero-order valence-corrected chi connectivity index (χ0v) is 16.4. The first-order valence-electron chi connectivity index (χ1n) is 9.00. The van der Waals surface area contributed by atoms with E-state index in [0.29, 0.717) is 4.90 Å². The molecule has 3 rings (SSSR count). The highest BCUT2D eigenvalue weighted by Gasteiger charge is 2.40. The SMILES string of the molecule is O=C(Nc1ccc(F)c(S(=O)(=O)N2CCOCC2)c1)C1CC(=O)N(CC(F)(F)F)C1. The Bertz CT molecular complexity index is 932. The van der Waals surface area contributed by atoms with Gasteiger partial charge in [0, 0.05) is 31.7 Å². The molecule has 2 amide bonds. The number of halogens is 4. The summed E-state index contributed by atoms with van der Waals surface area (Å²) in [7, 11) is -4.17. The molecule has 1 atom stereocenters. The predicted octanol–water partition coefficient (Wildman–Crippen LogP) is 1.20. The lowest BCUT2D eigenvalue weighted by atomic mass is 10.1. The van der Waals surface area contributed by atoms with Gasteiger partial charge in [-0.3, -0.25) is 9.59 Å². The van der Waals surface area contributed by atoms with Gasteiger partial charge in [-0.15, -0.1) is 0 Å². The van der Waals surface area contributed by atoms with Crippen LogP contribution in [0.2, 0.25) is 0 Å². The topological polar surface area (TPSA) is 96.0 Å². The summed E-state index contributed by atoms with van der Waals surface area (Å²) in [4.78, 5) is 24.0. The number of benzene rings is 1. The number of carbonyl (C=O) groups excluding carboxylic acids is 2. The number of morpholine rings is 1. The van der Waals surface area contributed by atoms with E-state index < -0.39 is 64.2 Å². The highest BCUT2D eigenvalue weighted by Crippen LogP contribution is 2.27. The minimum atomic E-state index is -4.58. The van der Waals surface area contributed by atoms with E-state index in [9.17, 15) is 35.6 Å². The Balaban J connectivity index is 1.72. The van der Waals surface area contributed by atoms with Crippen LogP contribution in [0, 0.1) is 11.7 Å². The van der Waals surface area contributed by atoms with Crippen LogP contribution in [0.4, 0.5) is 23.2 Å². The summed E-state index contributed by atoms with van der Waals surface area (Å²) >= 11 is 0. The summed E-state index contributed by atoms with van der Waals surface area (Å²) < 4.78 is 83.2. The molecule has 0 spiro atoms. The highest BCUT2D eigenvalue weighted by atomic mass is 32.2. The molecule has 0 bridgehead atoms. The average molecular weight is 453 g/mol. The van der Waals surface area contributed by atoms with Crippen LogP contribution < -0.4 is 5.32 Å². The van der Waals surface area contributed by atoms with Gasteiger partial charge in [0.25, 0.3) is 0 Å². The van der Waals surface area contributed by atoms with Crippen molar-refractivity contribution in [2.45, 2.75) is 17.5 Å². The molecule has 2 aliphatic heterocycles. The number of sulfonamides is 1. The van der Waals surface area contributed by atoms with Gasteiger partial charge in [-0.1, -0.05) is 0 Å². The van der Waals surface area contributed by atoms with E-state index in [2.05, 4.69) is 5.32 Å². The van der Waals surface area contributed by atoms with Crippen LogP contribution >= 0.6 is 0 Å². The zero-order chi connectivity index (χ0) is 22.1. The molecule has 2 saturated heterocycles. The van der Waals surface area contributed by atoms with Gasteiger partial charge in [-0.05, 0) is 18.2 Å². The van der Waals surface area contributed by atoms with Crippen molar-refractivity contribution in [3.8, 4) is 0 Å². The fourth-order valence-corrected chi connectivity index (χ4v) is 4.76. The number of hydrogen-bond donors (Lipinski definition) is 1. The van der Waals surface area contributed by atoms with Crippen LogP contribution in [0.1, 0.15) is 6.42 Å². The molecular weight excluding hydrogens is 434 g/mol. The fourth-order valence-electron chi connectivity index (χ4n) is 3.27. The summed E-state index contributed by atoms with van der Waals surface area (Å²) in [6.45, 7) is -1.42. The van der Waals surface area contributed by atoms with E-state index in [-0.39, 0.29) is 32.0 Å². The summed E-state index contributed by atoms with van der Waals surface area (Å²) in [5.74, 6) is -3.60. The van der Waals surface area contributed by atoms with Crippen molar-refractivity contribution in [2.24, 2.45) is 5.92 Å². The predicted molar refractivity (Wildman–Crippen MR) is 95.3 cm³/mol. The van der Waals surface area contributed by atoms with Gasteiger partial charge >= 0.3 is 6.18 Å². The third kappa shape index (κ3) is 5.08. The molecular formula is C17H19F4N3O5S. The van der Waals surface area contributed by atoms with Crippen LogP contribution in [0.15, 0.2) is 23.1 Å². The number of carbonyl (C=O) groups is 2. The number of anilines is 1. The molecule has 2 aliphatic rings. The molecule has 166 valence electrons. The minimum absolute atomic E-state index is 0.0463. The summed E-state index contributed by atoms with van der Waals surface area (Å²) in [6.07, 6.45) is -4.98. The summed E-state index contributed by atoms with van der Waals surface area (Å²) in [6, 6.07) is 2.96. The third-order valence-corrected chi connectivity index (χ3v) is 6.66. The molecule has 0 radical (unpaired) electrons. The molecule has 1 unspecified atom stereocenters. The first-order valence-corrected chi connectivity index (χ1v) is 10.4. The van der Waals surface area contributed by atoms with Gasteiger partial charge in [0.15, 0.2) is 0 Å². The van der Waals surface area contributed by atoms with Gasteiger partial charge in [-0.25, -0.2) is 12.8 Å². The third-order valence-electron chi connectivity index (χ3n) is 4.74. The van der Waals surface area contributed by atoms with Crippen molar-refractivity contribution in [2.75, 3.05) is 44.7 Å². The summed E-state index contributed by atoms with van der Waals surface area (Å²) in [5, 5.41) is 2.36. The van der Waals surface area contributed by atoms with E-state index >= 15 is 0 Å². The van der Waals surface area contributed by atoms with Gasteiger partial charge in [-0.2, -0.15) is 17.5 Å². The molecule has 2 fully saturated rings. The lowest BCUT2D eigenvalue weighted by molar-refractivity contribution is -0.157. The van der Waals surface area contributed by atoms with Crippen molar-refractivity contribution >= 4 is 27.5 Å². The molecule has 13 heteroatoms. The number of ether oxygens (including phenoxy) is 1. The minimum Gasteiger partial charge on any atom is -0.379 e. The van der Waals surface area contributed by atoms with E-state index in [1.807, 2.05) is 0 Å². The number of alkyl halides is 3. The second-order valence-corrected chi connectivity index (χ2v) is 8.85. The number of nitrogens with zero attached hydrogens (tertiary/aromatic N) is 2. The van der Waals surface area contributed by atoms with Crippen LogP contribution in [-0.4, -0.2) is 75.0 Å². The Hall–Kier alpha value is -2.25. The van der Waals surface area contributed by atoms with Crippen molar-refractivity contribution in [1.29, 1.82) is 0 Å². The maximum atomic E-state index is 14.2. The van der Waals surface area contributed by atoms with E-state index in [1.165, 1.54) is 0 Å². The normalized spacial score (nSPS) is 21.1. The Labute approximate surface area is 169 Å². The molecule has 8 nitrogen and oxygen atoms in total. The zero-order valence-electron chi connectivity index (χ0n) is 15.6. The number of nitrogens with one attached hydrogen (secondary N) is 1. The van der Waals surface area contributed by atoms with E-state index in [4.69, 9.17) is 4.74 Å². The largest absolute Gasteiger partial charge is 0.406 e. The maximum Gasteiger partial charge on any atom is 0.406 e. The lowest BCUT2D eigenvalue weighted by Crippen LogP contribution is -2.41. The molecule has 0 aromatic heterocycles. The van der Waals surface area contributed by atoms with Crippen LogP contribution in [0.3, 0.4) is 0 Å². The van der Waals surface area contributed by atoms with Gasteiger partial charge < -0.3 is 15.0 Å². The van der Waals surface area contributed by atoms with Gasteiger partial charge in [0.1, 0.15) is 17.3 Å². The second kappa shape index (κ2) is 8.47. The average Bonchev–Trinajstić information content (AvgIpc) is 3.03. The Morgan fingerprint density at radius 2 is 1.90 bits per heavy atom. The van der Waals surface area contributed by atoms with Gasteiger partial charge in [0.05, 0.1) is 19.1 Å². The van der Waals surface area contributed by atoms with Crippen molar-refractivity contribution in [3.05, 3.63) is 24.0 Å². The molecule has 0 saturated carbocycles. The molecule has 1 aromatic carbocycles. The lowest BCUT2D eigenvalue weighted by Gasteiger charge is -2.26. The van der Waals surface area contributed by atoms with Crippen molar-refractivity contribution in [3.63, 3.8) is 0 Å². The number of hydrogen-bond acceptors (Lipinski definition) is 5. The summed E-state index contributed by atoms with van der Waals surface area (Å²) in [5.41, 5.74) is -0.0463. The van der Waals surface area contributed by atoms with Crippen LogP contribution in [-0.2, 0) is 24.3 Å². The first-order chi connectivity index (χ1) is 14.0. The van der Waals surface area contributed by atoms with Crippen molar-refractivity contribution < 1.29 is 40.3 Å². The molecule has 1 N–H and O–H groups in total. The van der Waals surface area contributed by atoms with Crippen LogP contribution in [0.5, 0.6) is 0 Å². The molecule has 30 heavy (non-hydrogen) atoms. The quantitative estimate of drug-likeness (QED) is 0.676. The highest BCUT2D eigenvalue weighted by molar-refractivity contribution is 7.89. The number of likely N-dealkylation sites (tertiary alicyclic amines) is 1. The number of rotatable bonds is 5. The molecule has 1 aromatic rings. The fraction of sp³-hybridized carbons (Fsp3) is 0.529. The standard InChI is InChI=1S/C17H19F4N3O5S/c18-13-2-1-12(8-14(13)30(27,28)24-3-5-29-6-4-24)22-16(26)11-7-15(25)23(9-11)10-17(19,20)21/h1-2,8,11H,3-7,9-10H2,(H,22,26).